The number of allylic oxidation sites excluding steroid dienone is 1. The number of amides is 1. The SMILES string of the molecule is C=C1CCCCN1c1ccc(N2CCc3c(C(=O)OCC)nn(-c4ccc(OC)cc4)c3C2=O)cc1. The number of anilines is 2. The van der Waals surface area contributed by atoms with Crippen molar-refractivity contribution in [1.82, 2.24) is 9.78 Å². The fraction of sp³-hybridized carbons (Fsp3) is 0.321. The van der Waals surface area contributed by atoms with Crippen LogP contribution in [0.4, 0.5) is 11.4 Å². The predicted octanol–water partition coefficient (Wildman–Crippen LogP) is 4.76. The molecule has 0 saturated carbocycles. The first-order valence-corrected chi connectivity index (χ1v) is 12.3. The van der Waals surface area contributed by atoms with E-state index in [4.69, 9.17) is 9.47 Å². The number of piperidine rings is 1. The Hall–Kier alpha value is -4.07. The second-order valence-corrected chi connectivity index (χ2v) is 8.90. The van der Waals surface area contributed by atoms with Gasteiger partial charge in [-0.05, 0) is 81.1 Å². The van der Waals surface area contributed by atoms with Crippen LogP contribution in [0.2, 0.25) is 0 Å². The Bertz CT molecular complexity index is 1290. The average Bonchev–Trinajstić information content (AvgIpc) is 3.30. The molecular weight excluding hydrogens is 456 g/mol. The minimum Gasteiger partial charge on any atom is -0.497 e. The van der Waals surface area contributed by atoms with Gasteiger partial charge in [0.05, 0.1) is 19.4 Å². The molecule has 0 atom stereocenters. The summed E-state index contributed by atoms with van der Waals surface area (Å²) in [6, 6.07) is 15.2. The smallest absolute Gasteiger partial charge is 0.359 e. The molecule has 8 nitrogen and oxygen atoms in total. The lowest BCUT2D eigenvalue weighted by molar-refractivity contribution is 0.0517. The Kier molecular flexibility index (Phi) is 6.50. The zero-order chi connectivity index (χ0) is 25.2. The fourth-order valence-electron chi connectivity index (χ4n) is 4.90. The number of carbonyl (C=O) groups excluding carboxylic acids is 2. The van der Waals surface area contributed by atoms with Crippen LogP contribution in [-0.4, -0.2) is 48.5 Å². The third-order valence-electron chi connectivity index (χ3n) is 6.75. The first-order chi connectivity index (χ1) is 17.5. The van der Waals surface area contributed by atoms with E-state index in [1.54, 1.807) is 35.7 Å². The van der Waals surface area contributed by atoms with E-state index in [2.05, 4.69) is 16.6 Å². The quantitative estimate of drug-likeness (QED) is 0.468. The van der Waals surface area contributed by atoms with Crippen molar-refractivity contribution in [1.29, 1.82) is 0 Å². The molecule has 1 fully saturated rings. The van der Waals surface area contributed by atoms with Gasteiger partial charge in [-0.1, -0.05) is 6.58 Å². The van der Waals surface area contributed by atoms with Crippen LogP contribution in [0.1, 0.15) is 52.7 Å². The van der Waals surface area contributed by atoms with Gasteiger partial charge >= 0.3 is 5.97 Å². The number of nitrogens with zero attached hydrogens (tertiary/aromatic N) is 4. The molecule has 1 aromatic heterocycles. The van der Waals surface area contributed by atoms with Crippen molar-refractivity contribution < 1.29 is 19.1 Å². The molecule has 2 aromatic carbocycles. The Morgan fingerprint density at radius 1 is 0.944 bits per heavy atom. The normalized spacial score (nSPS) is 15.6. The molecule has 0 aliphatic carbocycles. The van der Waals surface area contributed by atoms with Gasteiger partial charge < -0.3 is 19.3 Å². The molecule has 3 heterocycles. The zero-order valence-electron chi connectivity index (χ0n) is 20.7. The standard InChI is InChI=1S/C28H30N4O4/c1-4-36-28(34)25-24-16-18-31(21-10-8-20(9-11-21)30-17-6-5-7-19(30)2)27(33)26(24)32(29-25)22-12-14-23(35-3)15-13-22/h8-15H,2,4-7,16-18H2,1,3H3. The first-order valence-electron chi connectivity index (χ1n) is 12.3. The fourth-order valence-corrected chi connectivity index (χ4v) is 4.90. The van der Waals surface area contributed by atoms with Gasteiger partial charge in [-0.15, -0.1) is 0 Å². The Balaban J connectivity index is 1.50. The summed E-state index contributed by atoms with van der Waals surface area (Å²) in [5.74, 6) is -0.0338. The molecular formula is C28H30N4O4. The molecule has 0 N–H and O–H groups in total. The minimum atomic E-state index is -0.520. The number of carbonyl (C=O) groups is 2. The van der Waals surface area contributed by atoms with Crippen molar-refractivity contribution in [3.8, 4) is 11.4 Å². The largest absolute Gasteiger partial charge is 0.497 e. The monoisotopic (exact) mass is 486 g/mol. The summed E-state index contributed by atoms with van der Waals surface area (Å²) >= 11 is 0. The van der Waals surface area contributed by atoms with E-state index >= 15 is 0 Å². The summed E-state index contributed by atoms with van der Waals surface area (Å²) in [4.78, 5) is 30.5. The van der Waals surface area contributed by atoms with E-state index in [-0.39, 0.29) is 18.2 Å². The van der Waals surface area contributed by atoms with Gasteiger partial charge in [-0.2, -0.15) is 5.10 Å². The number of benzene rings is 2. The number of esters is 1. The van der Waals surface area contributed by atoms with E-state index in [9.17, 15) is 9.59 Å². The van der Waals surface area contributed by atoms with Crippen LogP contribution >= 0.6 is 0 Å². The summed E-state index contributed by atoms with van der Waals surface area (Å²) in [6.07, 6.45) is 3.82. The third kappa shape index (κ3) is 4.23. The van der Waals surface area contributed by atoms with Crippen LogP contribution in [0, 0.1) is 0 Å². The Morgan fingerprint density at radius 2 is 1.61 bits per heavy atom. The topological polar surface area (TPSA) is 76.9 Å². The summed E-state index contributed by atoms with van der Waals surface area (Å²) in [5, 5.41) is 4.54. The highest BCUT2D eigenvalue weighted by Gasteiger charge is 2.35. The highest BCUT2D eigenvalue weighted by Crippen LogP contribution is 2.32. The number of hydrogen-bond acceptors (Lipinski definition) is 6. The van der Waals surface area contributed by atoms with Gasteiger partial charge in [0.25, 0.3) is 5.91 Å². The van der Waals surface area contributed by atoms with Crippen LogP contribution in [0.25, 0.3) is 5.69 Å². The molecule has 186 valence electrons. The van der Waals surface area contributed by atoms with Crippen LogP contribution in [0.15, 0.2) is 60.8 Å². The van der Waals surface area contributed by atoms with E-state index in [0.29, 0.717) is 35.7 Å². The molecule has 2 aliphatic heterocycles. The second kappa shape index (κ2) is 9.89. The summed E-state index contributed by atoms with van der Waals surface area (Å²) in [7, 11) is 1.59. The lowest BCUT2D eigenvalue weighted by Crippen LogP contribution is -2.39. The van der Waals surface area contributed by atoms with Crippen molar-refractivity contribution in [2.24, 2.45) is 0 Å². The van der Waals surface area contributed by atoms with E-state index in [1.807, 2.05) is 36.4 Å². The number of rotatable bonds is 6. The molecule has 5 rings (SSSR count). The highest BCUT2D eigenvalue weighted by atomic mass is 16.5. The van der Waals surface area contributed by atoms with Gasteiger partial charge in [0.1, 0.15) is 11.4 Å². The molecule has 8 heteroatoms. The molecule has 3 aromatic rings. The van der Waals surface area contributed by atoms with Gasteiger partial charge in [0, 0.05) is 35.7 Å². The maximum atomic E-state index is 13.8. The van der Waals surface area contributed by atoms with Crippen LogP contribution in [-0.2, 0) is 11.2 Å². The maximum absolute atomic E-state index is 13.8. The van der Waals surface area contributed by atoms with E-state index < -0.39 is 5.97 Å². The molecule has 0 bridgehead atoms. The van der Waals surface area contributed by atoms with Gasteiger partial charge in [-0.25, -0.2) is 9.48 Å². The van der Waals surface area contributed by atoms with Crippen molar-refractivity contribution in [3.63, 3.8) is 0 Å². The van der Waals surface area contributed by atoms with Crippen molar-refractivity contribution >= 4 is 23.3 Å². The maximum Gasteiger partial charge on any atom is 0.359 e. The Labute approximate surface area is 210 Å². The van der Waals surface area contributed by atoms with E-state index in [0.717, 1.165) is 36.5 Å². The molecule has 2 aliphatic rings. The average molecular weight is 487 g/mol. The molecule has 0 spiro atoms. The molecule has 1 amide bonds. The lowest BCUT2D eigenvalue weighted by Gasteiger charge is -2.32. The summed E-state index contributed by atoms with van der Waals surface area (Å²) in [6.45, 7) is 7.60. The summed E-state index contributed by atoms with van der Waals surface area (Å²) in [5.41, 5.74) is 4.86. The number of hydrogen-bond donors (Lipinski definition) is 0. The minimum absolute atomic E-state index is 0.189. The summed E-state index contributed by atoms with van der Waals surface area (Å²) < 4.78 is 12.0. The molecule has 0 unspecified atom stereocenters. The van der Waals surface area contributed by atoms with Crippen molar-refractivity contribution in [2.45, 2.75) is 32.6 Å². The first kappa shape index (κ1) is 23.7. The number of fused-ring (bicyclic) bond motifs is 1. The third-order valence-corrected chi connectivity index (χ3v) is 6.75. The van der Waals surface area contributed by atoms with Crippen molar-refractivity contribution in [2.75, 3.05) is 36.6 Å². The number of methoxy groups -OCH3 is 1. The van der Waals surface area contributed by atoms with Crippen LogP contribution < -0.4 is 14.5 Å². The van der Waals surface area contributed by atoms with Gasteiger partial charge in [0.2, 0.25) is 0 Å². The lowest BCUT2D eigenvalue weighted by atomic mass is 10.0. The van der Waals surface area contributed by atoms with Crippen LogP contribution in [0.5, 0.6) is 5.75 Å². The second-order valence-electron chi connectivity index (χ2n) is 8.90. The Morgan fingerprint density at radius 3 is 2.25 bits per heavy atom. The molecule has 36 heavy (non-hydrogen) atoms. The predicted molar refractivity (Wildman–Crippen MR) is 138 cm³/mol. The van der Waals surface area contributed by atoms with Crippen molar-refractivity contribution in [3.05, 3.63) is 77.8 Å². The molecule has 0 radical (unpaired) electrons. The molecule has 1 saturated heterocycles. The number of ether oxygens (including phenoxy) is 2. The highest BCUT2D eigenvalue weighted by molar-refractivity contribution is 6.09. The van der Waals surface area contributed by atoms with E-state index in [1.165, 1.54) is 6.42 Å². The van der Waals surface area contributed by atoms with Crippen LogP contribution in [0.3, 0.4) is 0 Å². The zero-order valence-corrected chi connectivity index (χ0v) is 20.7. The van der Waals surface area contributed by atoms with Gasteiger partial charge in [0.15, 0.2) is 5.69 Å². The van der Waals surface area contributed by atoms with Gasteiger partial charge in [-0.3, -0.25) is 4.79 Å². The number of aromatic nitrogens is 2.